The minimum atomic E-state index is -1.20. The van der Waals surface area contributed by atoms with Gasteiger partial charge in [-0.2, -0.15) is 4.79 Å². The van der Waals surface area contributed by atoms with Gasteiger partial charge in [-0.1, -0.05) is 6.08 Å². The molecule has 0 saturated heterocycles. The van der Waals surface area contributed by atoms with Crippen LogP contribution in [0.15, 0.2) is 12.7 Å². The Balaban J connectivity index is 5.38. The van der Waals surface area contributed by atoms with Crippen LogP contribution in [0.4, 0.5) is 4.79 Å². The highest BCUT2D eigenvalue weighted by Crippen LogP contribution is 2.20. The highest BCUT2D eigenvalue weighted by molar-refractivity contribution is 6.28. The number of carbonyl (C=O) groups is 2. The summed E-state index contributed by atoms with van der Waals surface area (Å²) in [7, 11) is 0. The summed E-state index contributed by atoms with van der Waals surface area (Å²) in [5.74, 6) is -0.579. The number of nitrogens with zero attached hydrogens (tertiary/aromatic N) is 3. The van der Waals surface area contributed by atoms with Crippen LogP contribution in [0.3, 0.4) is 0 Å². The van der Waals surface area contributed by atoms with Crippen molar-refractivity contribution in [2.24, 2.45) is 0 Å². The van der Waals surface area contributed by atoms with E-state index in [-0.39, 0.29) is 6.42 Å². The van der Waals surface area contributed by atoms with Crippen molar-refractivity contribution < 1.29 is 19.5 Å². The van der Waals surface area contributed by atoms with Crippen molar-refractivity contribution in [2.75, 3.05) is 0 Å². The van der Waals surface area contributed by atoms with Crippen molar-refractivity contribution in [3.63, 3.8) is 0 Å². The van der Waals surface area contributed by atoms with Gasteiger partial charge < -0.3 is 10.6 Å². The van der Waals surface area contributed by atoms with Crippen LogP contribution in [0.1, 0.15) is 27.2 Å². The van der Waals surface area contributed by atoms with Gasteiger partial charge in [0.05, 0.1) is 0 Å². The number of carbonyl (C=O) groups excluding carboxylic acids is 1. The monoisotopic (exact) mass is 239 g/mol. The van der Waals surface area contributed by atoms with E-state index in [1.807, 2.05) is 0 Å². The van der Waals surface area contributed by atoms with Crippen molar-refractivity contribution in [3.8, 4) is 0 Å². The number of Topliss-reactive ketones (excluding diaryl/α,β-unsaturated/α-hetero) is 1. The topological polar surface area (TPSA) is 94.0 Å². The van der Waals surface area contributed by atoms with Crippen LogP contribution in [0, 0.1) is 0 Å². The molecule has 1 unspecified atom stereocenters. The molecule has 17 heavy (non-hydrogen) atoms. The van der Waals surface area contributed by atoms with Gasteiger partial charge in [0.1, 0.15) is 6.04 Å². The first-order chi connectivity index (χ1) is 7.75. The summed E-state index contributed by atoms with van der Waals surface area (Å²) in [6, 6.07) is -0.930. The molecule has 94 valence electrons. The molecule has 0 bridgehead atoms. The molecule has 1 N–H and O–H groups in total. The molecule has 0 aromatic carbocycles. The Morgan fingerprint density at radius 3 is 2.35 bits per heavy atom. The molecule has 0 aromatic heterocycles. The zero-order valence-electron chi connectivity index (χ0n) is 10.3. The highest BCUT2D eigenvalue weighted by Gasteiger charge is 2.37. The second-order valence-electron chi connectivity index (χ2n) is 4.51. The van der Waals surface area contributed by atoms with E-state index in [1.165, 1.54) is 6.08 Å². The molecule has 6 nitrogen and oxygen atoms in total. The molecule has 0 aliphatic heterocycles. The van der Waals surface area contributed by atoms with E-state index in [4.69, 9.17) is 10.6 Å². The van der Waals surface area contributed by atoms with E-state index in [0.717, 1.165) is 4.90 Å². The zero-order chi connectivity index (χ0) is 13.6. The van der Waals surface area contributed by atoms with Crippen LogP contribution in [-0.2, 0) is 4.79 Å². The average molecular weight is 239 g/mol. The third kappa shape index (κ3) is 4.20. The van der Waals surface area contributed by atoms with Gasteiger partial charge in [0.2, 0.25) is 0 Å². The second-order valence-corrected chi connectivity index (χ2v) is 4.51. The Kier molecular flexibility index (Phi) is 5.28. The molecular formula is C11H17N3O3. The maximum Gasteiger partial charge on any atom is 0.408 e. The third-order valence-corrected chi connectivity index (χ3v) is 2.14. The summed E-state index contributed by atoms with van der Waals surface area (Å²) >= 11 is 0. The summed E-state index contributed by atoms with van der Waals surface area (Å²) in [4.78, 5) is 26.5. The van der Waals surface area contributed by atoms with E-state index in [9.17, 15) is 9.59 Å². The van der Waals surface area contributed by atoms with Crippen LogP contribution < -0.4 is 0 Å². The van der Waals surface area contributed by atoms with Gasteiger partial charge >= 0.3 is 12.3 Å². The molecule has 0 spiro atoms. The van der Waals surface area contributed by atoms with Gasteiger partial charge in [0.25, 0.3) is 5.78 Å². The van der Waals surface area contributed by atoms with Crippen molar-refractivity contribution in [2.45, 2.75) is 38.8 Å². The first-order valence-electron chi connectivity index (χ1n) is 5.10. The SMILES string of the molecule is C=CCC(C(=O)C=[N+]=[N-])N(C(=O)O)C(C)(C)C. The lowest BCUT2D eigenvalue weighted by atomic mass is 9.99. The molecule has 0 saturated carbocycles. The fourth-order valence-electron chi connectivity index (χ4n) is 1.54. The number of hydrogen-bond donors (Lipinski definition) is 1. The number of hydrogen-bond acceptors (Lipinski definition) is 2. The van der Waals surface area contributed by atoms with Crippen LogP contribution in [-0.4, -0.2) is 44.5 Å². The lowest BCUT2D eigenvalue weighted by Crippen LogP contribution is -2.54. The summed E-state index contributed by atoms with van der Waals surface area (Å²) < 4.78 is 0. The van der Waals surface area contributed by atoms with Crippen LogP contribution in [0.25, 0.3) is 5.53 Å². The number of carboxylic acid groups (broad SMARTS) is 1. The first kappa shape index (κ1) is 15.1. The average Bonchev–Trinajstić information content (AvgIpc) is 2.14. The molecule has 6 heteroatoms. The normalized spacial score (nSPS) is 12.2. The third-order valence-electron chi connectivity index (χ3n) is 2.14. The van der Waals surface area contributed by atoms with Gasteiger partial charge in [-0.3, -0.25) is 9.69 Å². The predicted octanol–water partition coefficient (Wildman–Crippen LogP) is 1.58. The molecule has 0 rings (SSSR count). The fraction of sp³-hybridized carbons (Fsp3) is 0.545. The summed E-state index contributed by atoms with van der Waals surface area (Å²) in [5, 5.41) is 9.16. The smallest absolute Gasteiger partial charge is 0.408 e. The fourth-order valence-corrected chi connectivity index (χ4v) is 1.54. The molecule has 0 fully saturated rings. The largest absolute Gasteiger partial charge is 0.465 e. The molecule has 1 amide bonds. The minimum Gasteiger partial charge on any atom is -0.465 e. The molecule has 1 atom stereocenters. The second kappa shape index (κ2) is 5.96. The summed E-state index contributed by atoms with van der Waals surface area (Å²) in [6.45, 7) is 8.53. The van der Waals surface area contributed by atoms with Gasteiger partial charge in [-0.25, -0.2) is 4.79 Å². The first-order valence-corrected chi connectivity index (χ1v) is 5.10. The lowest BCUT2D eigenvalue weighted by Gasteiger charge is -2.37. The quantitative estimate of drug-likeness (QED) is 0.341. The minimum absolute atomic E-state index is 0.161. The van der Waals surface area contributed by atoms with E-state index in [2.05, 4.69) is 11.4 Å². The summed E-state index contributed by atoms with van der Waals surface area (Å²) in [6.07, 6.45) is 1.11. The molecule has 0 aliphatic rings. The highest BCUT2D eigenvalue weighted by atomic mass is 16.4. The van der Waals surface area contributed by atoms with Crippen molar-refractivity contribution in [1.82, 2.24) is 4.90 Å². The van der Waals surface area contributed by atoms with E-state index in [1.54, 1.807) is 20.8 Å². The van der Waals surface area contributed by atoms with Gasteiger partial charge in [0.15, 0.2) is 0 Å². The molecule has 0 aromatic rings. The van der Waals surface area contributed by atoms with Crippen molar-refractivity contribution in [3.05, 3.63) is 18.2 Å². The molecule has 0 heterocycles. The maximum atomic E-state index is 11.7. The molecule has 0 radical (unpaired) electrons. The Labute approximate surface area is 100 Å². The zero-order valence-corrected chi connectivity index (χ0v) is 10.3. The Morgan fingerprint density at radius 2 is 2.06 bits per heavy atom. The Morgan fingerprint density at radius 1 is 1.53 bits per heavy atom. The predicted molar refractivity (Wildman–Crippen MR) is 62.9 cm³/mol. The van der Waals surface area contributed by atoms with E-state index < -0.39 is 23.5 Å². The van der Waals surface area contributed by atoms with Crippen molar-refractivity contribution >= 4 is 18.1 Å². The summed E-state index contributed by atoms with van der Waals surface area (Å²) in [5.41, 5.74) is 7.60. The Bertz CT molecular complexity index is 365. The molecule has 0 aliphatic carbocycles. The van der Waals surface area contributed by atoms with E-state index in [0.29, 0.717) is 6.21 Å². The van der Waals surface area contributed by atoms with Gasteiger partial charge in [0, 0.05) is 5.54 Å². The Hall–Kier alpha value is -1.94. The number of rotatable bonds is 5. The van der Waals surface area contributed by atoms with Crippen LogP contribution in [0.2, 0.25) is 0 Å². The van der Waals surface area contributed by atoms with Gasteiger partial charge in [-0.15, -0.1) is 6.58 Å². The maximum absolute atomic E-state index is 11.7. The van der Waals surface area contributed by atoms with Crippen LogP contribution >= 0.6 is 0 Å². The van der Waals surface area contributed by atoms with E-state index >= 15 is 0 Å². The lowest BCUT2D eigenvalue weighted by molar-refractivity contribution is -0.122. The van der Waals surface area contributed by atoms with Crippen LogP contribution in [0.5, 0.6) is 0 Å². The standard InChI is InChI=1S/C11H17N3O3/c1-5-6-8(9(15)7-13-12)14(10(16)17)11(2,3)4/h5,7-8H,1,6H2,2-4H3,(H,16,17). The van der Waals surface area contributed by atoms with Gasteiger partial charge in [-0.05, 0) is 27.2 Å². The number of amides is 1. The van der Waals surface area contributed by atoms with Crippen molar-refractivity contribution in [1.29, 1.82) is 0 Å². The number of ketones is 1. The molecular weight excluding hydrogens is 222 g/mol.